The Kier molecular flexibility index (Phi) is 5.16. The average Bonchev–Trinajstić information content (AvgIpc) is 3.02. The van der Waals surface area contributed by atoms with Crippen LogP contribution in [0.2, 0.25) is 0 Å². The van der Waals surface area contributed by atoms with Gasteiger partial charge in [0.25, 0.3) is 0 Å². The van der Waals surface area contributed by atoms with E-state index in [4.69, 9.17) is 4.42 Å². The molecule has 19 heavy (non-hydrogen) atoms. The molecule has 0 saturated carbocycles. The van der Waals surface area contributed by atoms with Crippen molar-refractivity contribution in [3.8, 4) is 10.6 Å². The van der Waals surface area contributed by atoms with Crippen molar-refractivity contribution in [2.75, 3.05) is 13.1 Å². The topological polar surface area (TPSA) is 38.1 Å². The molecule has 0 aliphatic rings. The summed E-state index contributed by atoms with van der Waals surface area (Å²) in [6, 6.07) is 4.27. The van der Waals surface area contributed by atoms with Crippen molar-refractivity contribution in [2.45, 2.75) is 33.6 Å². The average molecular weight is 278 g/mol. The van der Waals surface area contributed by atoms with E-state index in [9.17, 15) is 0 Å². The van der Waals surface area contributed by atoms with E-state index in [1.54, 1.807) is 11.3 Å². The number of oxazole rings is 1. The van der Waals surface area contributed by atoms with Crippen LogP contribution in [0.5, 0.6) is 0 Å². The molecule has 0 spiro atoms. The van der Waals surface area contributed by atoms with Gasteiger partial charge in [0.05, 0.1) is 11.1 Å². The minimum Gasteiger partial charge on any atom is -0.440 e. The molecule has 0 fully saturated rings. The van der Waals surface area contributed by atoms with Crippen LogP contribution in [-0.2, 0) is 12.8 Å². The predicted octanol–water partition coefficient (Wildman–Crippen LogP) is 3.75. The third-order valence-electron chi connectivity index (χ3n) is 2.87. The summed E-state index contributed by atoms with van der Waals surface area (Å²) in [4.78, 5) is 6.90. The highest BCUT2D eigenvalue weighted by molar-refractivity contribution is 7.15. The van der Waals surface area contributed by atoms with Gasteiger partial charge in [0.2, 0.25) is 0 Å². The van der Waals surface area contributed by atoms with Crippen LogP contribution in [-0.4, -0.2) is 18.1 Å². The maximum absolute atomic E-state index is 5.79. The molecular weight excluding hydrogens is 256 g/mol. The molecule has 2 aromatic heterocycles. The lowest BCUT2D eigenvalue weighted by Gasteiger charge is -2.05. The van der Waals surface area contributed by atoms with Crippen LogP contribution in [0, 0.1) is 5.92 Å². The van der Waals surface area contributed by atoms with Crippen molar-refractivity contribution in [1.29, 1.82) is 0 Å². The van der Waals surface area contributed by atoms with Crippen LogP contribution in [0.25, 0.3) is 10.6 Å². The van der Waals surface area contributed by atoms with Gasteiger partial charge in [0.1, 0.15) is 0 Å². The molecule has 2 aromatic rings. The maximum Gasteiger partial charge on any atom is 0.196 e. The van der Waals surface area contributed by atoms with Crippen LogP contribution in [0.3, 0.4) is 0 Å². The van der Waals surface area contributed by atoms with Gasteiger partial charge in [-0.15, -0.1) is 11.3 Å². The number of nitrogens with zero attached hydrogens (tertiary/aromatic N) is 1. The molecule has 0 unspecified atom stereocenters. The van der Waals surface area contributed by atoms with Gasteiger partial charge >= 0.3 is 0 Å². The van der Waals surface area contributed by atoms with E-state index in [1.165, 1.54) is 9.75 Å². The fourth-order valence-electron chi connectivity index (χ4n) is 1.83. The van der Waals surface area contributed by atoms with Crippen molar-refractivity contribution >= 4 is 11.3 Å². The van der Waals surface area contributed by atoms with E-state index < -0.39 is 0 Å². The molecular formula is C15H22N2OS. The molecule has 0 radical (unpaired) electrons. The molecule has 0 atom stereocenters. The number of aryl methyl sites for hydroxylation is 1. The third kappa shape index (κ3) is 4.18. The summed E-state index contributed by atoms with van der Waals surface area (Å²) in [5.41, 5.74) is 0. The highest BCUT2D eigenvalue weighted by Gasteiger charge is 2.08. The molecule has 0 aromatic carbocycles. The minimum absolute atomic E-state index is 0.679. The molecule has 2 heterocycles. The Labute approximate surface area is 119 Å². The number of nitrogens with one attached hydrogen (secondary N) is 1. The standard InChI is InChI=1S/C15H22N2OS/c1-4-12-5-6-14(19-12)13-10-17-15(18-13)7-8-16-9-11(2)3/h5-6,10-11,16H,4,7-9H2,1-3H3. The molecule has 0 bridgehead atoms. The first-order valence-corrected chi connectivity index (χ1v) is 7.75. The Morgan fingerprint density at radius 2 is 2.21 bits per heavy atom. The number of thiophene rings is 1. The smallest absolute Gasteiger partial charge is 0.196 e. The first kappa shape index (κ1) is 14.3. The van der Waals surface area contributed by atoms with E-state index in [0.29, 0.717) is 5.92 Å². The number of hydrogen-bond donors (Lipinski definition) is 1. The normalized spacial score (nSPS) is 11.4. The summed E-state index contributed by atoms with van der Waals surface area (Å²) in [5.74, 6) is 2.39. The second kappa shape index (κ2) is 6.87. The Balaban J connectivity index is 1.88. The van der Waals surface area contributed by atoms with Crippen LogP contribution in [0.15, 0.2) is 22.7 Å². The fourth-order valence-corrected chi connectivity index (χ4v) is 2.72. The van der Waals surface area contributed by atoms with Gasteiger partial charge in [-0.3, -0.25) is 0 Å². The molecule has 0 saturated heterocycles. The van der Waals surface area contributed by atoms with Crippen molar-refractivity contribution in [1.82, 2.24) is 10.3 Å². The molecule has 4 heteroatoms. The Hall–Kier alpha value is -1.13. The molecule has 0 amide bonds. The van der Waals surface area contributed by atoms with Gasteiger partial charge in [-0.05, 0) is 31.0 Å². The SMILES string of the molecule is CCc1ccc(-c2cnc(CCNCC(C)C)o2)s1. The molecule has 1 N–H and O–H groups in total. The zero-order valence-corrected chi connectivity index (χ0v) is 12.7. The second-order valence-electron chi connectivity index (χ2n) is 5.09. The van der Waals surface area contributed by atoms with Crippen LogP contribution < -0.4 is 5.32 Å². The van der Waals surface area contributed by atoms with Crippen LogP contribution >= 0.6 is 11.3 Å². The summed E-state index contributed by atoms with van der Waals surface area (Å²) in [5, 5.41) is 3.40. The highest BCUT2D eigenvalue weighted by Crippen LogP contribution is 2.28. The van der Waals surface area contributed by atoms with Crippen molar-refractivity contribution in [2.24, 2.45) is 5.92 Å². The predicted molar refractivity (Wildman–Crippen MR) is 80.6 cm³/mol. The maximum atomic E-state index is 5.79. The lowest BCUT2D eigenvalue weighted by molar-refractivity contribution is 0.483. The molecule has 0 aliphatic carbocycles. The first-order valence-electron chi connectivity index (χ1n) is 6.93. The summed E-state index contributed by atoms with van der Waals surface area (Å²) in [6.45, 7) is 8.54. The van der Waals surface area contributed by atoms with Gasteiger partial charge in [0.15, 0.2) is 11.7 Å². The third-order valence-corrected chi connectivity index (χ3v) is 4.12. The van der Waals surface area contributed by atoms with E-state index in [0.717, 1.165) is 37.6 Å². The van der Waals surface area contributed by atoms with E-state index in [2.05, 4.69) is 43.2 Å². The molecule has 2 rings (SSSR count). The van der Waals surface area contributed by atoms with Crippen molar-refractivity contribution < 1.29 is 4.42 Å². The quantitative estimate of drug-likeness (QED) is 0.784. The van der Waals surface area contributed by atoms with Gasteiger partial charge < -0.3 is 9.73 Å². The van der Waals surface area contributed by atoms with Gasteiger partial charge in [0, 0.05) is 17.8 Å². The first-order chi connectivity index (χ1) is 9.19. The summed E-state index contributed by atoms with van der Waals surface area (Å²) in [6.07, 6.45) is 3.76. The summed E-state index contributed by atoms with van der Waals surface area (Å²) < 4.78 is 5.79. The second-order valence-corrected chi connectivity index (χ2v) is 6.25. The number of hydrogen-bond acceptors (Lipinski definition) is 4. The van der Waals surface area contributed by atoms with Crippen molar-refractivity contribution in [3.63, 3.8) is 0 Å². The zero-order chi connectivity index (χ0) is 13.7. The van der Waals surface area contributed by atoms with Gasteiger partial charge in [-0.1, -0.05) is 20.8 Å². The lowest BCUT2D eigenvalue weighted by atomic mass is 10.2. The number of rotatable bonds is 7. The monoisotopic (exact) mass is 278 g/mol. The Morgan fingerprint density at radius 1 is 1.37 bits per heavy atom. The van der Waals surface area contributed by atoms with E-state index >= 15 is 0 Å². The minimum atomic E-state index is 0.679. The van der Waals surface area contributed by atoms with E-state index in [1.807, 2.05) is 6.20 Å². The lowest BCUT2D eigenvalue weighted by Crippen LogP contribution is -2.22. The van der Waals surface area contributed by atoms with Crippen LogP contribution in [0.1, 0.15) is 31.5 Å². The zero-order valence-electron chi connectivity index (χ0n) is 11.9. The van der Waals surface area contributed by atoms with E-state index in [-0.39, 0.29) is 0 Å². The molecule has 104 valence electrons. The molecule has 0 aliphatic heterocycles. The summed E-state index contributed by atoms with van der Waals surface area (Å²) >= 11 is 1.78. The highest BCUT2D eigenvalue weighted by atomic mass is 32.1. The van der Waals surface area contributed by atoms with Crippen LogP contribution in [0.4, 0.5) is 0 Å². The van der Waals surface area contributed by atoms with Crippen molar-refractivity contribution in [3.05, 3.63) is 29.1 Å². The Bertz CT molecular complexity index is 502. The van der Waals surface area contributed by atoms with Gasteiger partial charge in [-0.25, -0.2) is 4.98 Å². The van der Waals surface area contributed by atoms with Gasteiger partial charge in [-0.2, -0.15) is 0 Å². The number of aromatic nitrogens is 1. The largest absolute Gasteiger partial charge is 0.440 e. The fraction of sp³-hybridized carbons (Fsp3) is 0.533. The summed E-state index contributed by atoms with van der Waals surface area (Å²) in [7, 11) is 0. The Morgan fingerprint density at radius 3 is 2.89 bits per heavy atom. The molecule has 3 nitrogen and oxygen atoms in total.